The van der Waals surface area contributed by atoms with Gasteiger partial charge in [-0.25, -0.2) is 10.2 Å². The summed E-state index contributed by atoms with van der Waals surface area (Å²) in [6.07, 6.45) is 1.39. The molecule has 0 radical (unpaired) electrons. The predicted octanol–water partition coefficient (Wildman–Crippen LogP) is 5.21. The highest BCUT2D eigenvalue weighted by atomic mass is 79.9. The Morgan fingerprint density at radius 1 is 0.875 bits per heavy atom. The molecule has 9 heteroatoms. The Balaban J connectivity index is 1.76. The summed E-state index contributed by atoms with van der Waals surface area (Å²) in [7, 11) is 3.03. The van der Waals surface area contributed by atoms with Crippen LogP contribution in [-0.4, -0.2) is 32.3 Å². The van der Waals surface area contributed by atoms with Gasteiger partial charge in [0.2, 0.25) is 0 Å². The molecule has 1 amide bonds. The summed E-state index contributed by atoms with van der Waals surface area (Å²) < 4.78 is 17.3. The van der Waals surface area contributed by atoms with Gasteiger partial charge in [-0.3, -0.25) is 4.79 Å². The first-order valence-corrected chi connectivity index (χ1v) is 10.8. The molecule has 3 aromatic carbocycles. The van der Waals surface area contributed by atoms with Crippen LogP contribution in [0.25, 0.3) is 0 Å². The van der Waals surface area contributed by atoms with Crippen LogP contribution in [0, 0.1) is 0 Å². The summed E-state index contributed by atoms with van der Waals surface area (Å²) in [5, 5.41) is 4.00. The fraction of sp³-hybridized carbons (Fsp3) is 0.0870. The van der Waals surface area contributed by atoms with Crippen LogP contribution >= 0.6 is 31.9 Å². The minimum atomic E-state index is -0.535. The maximum Gasteiger partial charge on any atom is 0.343 e. The minimum Gasteiger partial charge on any atom is -0.497 e. The number of hydrazone groups is 1. The first-order valence-electron chi connectivity index (χ1n) is 9.24. The fourth-order valence-corrected chi connectivity index (χ4v) is 3.42. The number of methoxy groups -OCH3 is 2. The summed E-state index contributed by atoms with van der Waals surface area (Å²) in [5.74, 6) is 0.346. The van der Waals surface area contributed by atoms with E-state index in [9.17, 15) is 9.59 Å². The summed E-state index contributed by atoms with van der Waals surface area (Å²) in [6.45, 7) is 0. The number of nitrogens with zero attached hydrogens (tertiary/aromatic N) is 1. The van der Waals surface area contributed by atoms with Crippen LogP contribution in [0.3, 0.4) is 0 Å². The molecule has 0 fully saturated rings. The van der Waals surface area contributed by atoms with Gasteiger partial charge in [0.05, 0.1) is 31.6 Å². The van der Waals surface area contributed by atoms with E-state index in [4.69, 9.17) is 14.2 Å². The van der Waals surface area contributed by atoms with Crippen molar-refractivity contribution in [3.05, 3.63) is 86.3 Å². The molecule has 0 aliphatic rings. The molecule has 0 atom stereocenters. The topological polar surface area (TPSA) is 86.2 Å². The molecule has 0 spiro atoms. The third-order valence-electron chi connectivity index (χ3n) is 4.28. The van der Waals surface area contributed by atoms with Gasteiger partial charge < -0.3 is 14.2 Å². The Kier molecular flexibility index (Phi) is 8.02. The number of rotatable bonds is 7. The van der Waals surface area contributed by atoms with Crippen molar-refractivity contribution in [2.45, 2.75) is 0 Å². The van der Waals surface area contributed by atoms with Crippen LogP contribution in [0.1, 0.15) is 26.3 Å². The number of carbonyl (C=O) groups is 2. The smallest absolute Gasteiger partial charge is 0.343 e. The number of ether oxygens (including phenoxy) is 3. The van der Waals surface area contributed by atoms with Crippen molar-refractivity contribution in [3.8, 4) is 17.2 Å². The van der Waals surface area contributed by atoms with Crippen LogP contribution in [0.5, 0.6) is 17.2 Å². The van der Waals surface area contributed by atoms with E-state index in [0.29, 0.717) is 28.2 Å². The highest BCUT2D eigenvalue weighted by Gasteiger charge is 2.14. The molecule has 0 bridgehead atoms. The molecule has 0 heterocycles. The zero-order valence-electron chi connectivity index (χ0n) is 17.1. The number of carbonyl (C=O) groups excluding carboxylic acids is 2. The number of benzene rings is 3. The molecular formula is C23H18Br2N2O5. The quantitative estimate of drug-likeness (QED) is 0.185. The van der Waals surface area contributed by atoms with E-state index in [1.807, 2.05) is 0 Å². The van der Waals surface area contributed by atoms with Crippen molar-refractivity contribution < 1.29 is 23.8 Å². The lowest BCUT2D eigenvalue weighted by Gasteiger charge is -2.09. The number of hydrogen-bond donors (Lipinski definition) is 1. The van der Waals surface area contributed by atoms with E-state index >= 15 is 0 Å². The van der Waals surface area contributed by atoms with Crippen LogP contribution in [0.4, 0.5) is 0 Å². The van der Waals surface area contributed by atoms with Crippen molar-refractivity contribution in [1.82, 2.24) is 5.43 Å². The minimum absolute atomic E-state index is 0.284. The lowest BCUT2D eigenvalue weighted by Crippen LogP contribution is -2.18. The summed E-state index contributed by atoms with van der Waals surface area (Å²) in [5.41, 5.74) is 3.63. The van der Waals surface area contributed by atoms with Crippen molar-refractivity contribution >= 4 is 50.0 Å². The van der Waals surface area contributed by atoms with Gasteiger partial charge in [0.1, 0.15) is 17.2 Å². The van der Waals surface area contributed by atoms with Gasteiger partial charge >= 0.3 is 5.97 Å². The SMILES string of the molecule is COc1ccc(C(=O)Oc2ccc(Br)cc2/C=N\NC(=O)c2cc(Br)ccc2OC)cc1. The van der Waals surface area contributed by atoms with E-state index in [2.05, 4.69) is 42.4 Å². The van der Waals surface area contributed by atoms with Crippen molar-refractivity contribution in [1.29, 1.82) is 0 Å². The fourth-order valence-electron chi connectivity index (χ4n) is 2.68. The van der Waals surface area contributed by atoms with Gasteiger partial charge in [-0.05, 0) is 60.7 Å². The monoisotopic (exact) mass is 560 g/mol. The molecule has 0 saturated carbocycles. The molecule has 164 valence electrons. The standard InChI is InChI=1S/C23H18Br2N2O5/c1-30-18-7-3-14(4-8-18)23(29)32-20-9-5-16(24)11-15(20)13-26-27-22(28)19-12-17(25)6-10-21(19)31-2/h3-13H,1-2H3,(H,27,28)/b26-13-. The summed E-state index contributed by atoms with van der Waals surface area (Å²) in [4.78, 5) is 25.0. The number of esters is 1. The number of halogens is 2. The van der Waals surface area contributed by atoms with Gasteiger partial charge in [0.15, 0.2) is 0 Å². The normalized spacial score (nSPS) is 10.6. The van der Waals surface area contributed by atoms with E-state index in [1.54, 1.807) is 67.8 Å². The highest BCUT2D eigenvalue weighted by molar-refractivity contribution is 9.10. The summed E-state index contributed by atoms with van der Waals surface area (Å²) in [6, 6.07) is 16.7. The average Bonchev–Trinajstić information content (AvgIpc) is 2.80. The molecule has 0 aromatic heterocycles. The number of hydrogen-bond acceptors (Lipinski definition) is 6. The molecule has 7 nitrogen and oxygen atoms in total. The molecular weight excluding hydrogens is 544 g/mol. The Labute approximate surface area is 201 Å². The maximum atomic E-state index is 12.5. The average molecular weight is 562 g/mol. The van der Waals surface area contributed by atoms with Crippen LogP contribution in [0.2, 0.25) is 0 Å². The summed E-state index contributed by atoms with van der Waals surface area (Å²) >= 11 is 6.71. The second-order valence-corrected chi connectivity index (χ2v) is 8.18. The van der Waals surface area contributed by atoms with Gasteiger partial charge in [0.25, 0.3) is 5.91 Å². The predicted molar refractivity (Wildman–Crippen MR) is 128 cm³/mol. The molecule has 0 aliphatic heterocycles. The highest BCUT2D eigenvalue weighted by Crippen LogP contribution is 2.24. The van der Waals surface area contributed by atoms with Crippen molar-refractivity contribution in [2.24, 2.45) is 5.10 Å². The Morgan fingerprint density at radius 3 is 2.19 bits per heavy atom. The van der Waals surface area contributed by atoms with E-state index < -0.39 is 11.9 Å². The lowest BCUT2D eigenvalue weighted by atomic mass is 10.2. The Hall–Kier alpha value is -3.17. The second kappa shape index (κ2) is 10.9. The molecule has 0 unspecified atom stereocenters. The Morgan fingerprint density at radius 2 is 1.53 bits per heavy atom. The first-order chi connectivity index (χ1) is 15.4. The molecule has 0 aliphatic carbocycles. The zero-order valence-corrected chi connectivity index (χ0v) is 20.3. The number of amides is 1. The van der Waals surface area contributed by atoms with Crippen LogP contribution < -0.4 is 19.6 Å². The number of nitrogens with one attached hydrogen (secondary N) is 1. The van der Waals surface area contributed by atoms with Gasteiger partial charge in [0, 0.05) is 14.5 Å². The second-order valence-electron chi connectivity index (χ2n) is 6.34. The van der Waals surface area contributed by atoms with Gasteiger partial charge in [-0.15, -0.1) is 0 Å². The third kappa shape index (κ3) is 5.95. The molecule has 1 N–H and O–H groups in total. The molecule has 3 rings (SSSR count). The van der Waals surface area contributed by atoms with E-state index in [-0.39, 0.29) is 5.75 Å². The zero-order chi connectivity index (χ0) is 23.1. The largest absolute Gasteiger partial charge is 0.497 e. The lowest BCUT2D eigenvalue weighted by molar-refractivity contribution is 0.0734. The van der Waals surface area contributed by atoms with Crippen molar-refractivity contribution in [3.63, 3.8) is 0 Å². The van der Waals surface area contributed by atoms with Crippen molar-refractivity contribution in [2.75, 3.05) is 14.2 Å². The third-order valence-corrected chi connectivity index (χ3v) is 5.26. The van der Waals surface area contributed by atoms with Crippen LogP contribution in [0.15, 0.2) is 74.7 Å². The molecule has 0 saturated heterocycles. The van der Waals surface area contributed by atoms with Crippen LogP contribution in [-0.2, 0) is 0 Å². The first kappa shape index (κ1) is 23.5. The Bertz CT molecular complexity index is 1160. The van der Waals surface area contributed by atoms with E-state index in [1.165, 1.54) is 13.3 Å². The maximum absolute atomic E-state index is 12.5. The van der Waals surface area contributed by atoms with E-state index in [0.717, 1.165) is 8.95 Å². The van der Waals surface area contributed by atoms with Gasteiger partial charge in [-0.1, -0.05) is 31.9 Å². The van der Waals surface area contributed by atoms with Gasteiger partial charge in [-0.2, -0.15) is 5.10 Å². The molecule has 32 heavy (non-hydrogen) atoms. The molecule has 3 aromatic rings.